The number of hydrogen-bond acceptors (Lipinski definition) is 3. The van der Waals surface area contributed by atoms with Crippen LogP contribution in [-0.4, -0.2) is 44.9 Å². The maximum Gasteiger partial charge on any atom is 0.280 e. The van der Waals surface area contributed by atoms with Gasteiger partial charge in [-0.25, -0.2) is 8.78 Å². The van der Waals surface area contributed by atoms with Crippen molar-refractivity contribution in [1.29, 1.82) is 0 Å². The SMILES string of the molecule is CC(C)Cn1ncc(C(=O)N2CC(O)C2)c1C(F)F. The maximum absolute atomic E-state index is 13.1. The zero-order valence-corrected chi connectivity index (χ0v) is 10.9. The molecule has 0 aromatic carbocycles. The molecule has 0 unspecified atom stereocenters. The molecule has 0 spiro atoms. The zero-order valence-electron chi connectivity index (χ0n) is 10.9. The molecular weight excluding hydrogens is 256 g/mol. The minimum Gasteiger partial charge on any atom is -0.389 e. The van der Waals surface area contributed by atoms with Crippen LogP contribution in [0.25, 0.3) is 0 Å². The summed E-state index contributed by atoms with van der Waals surface area (Å²) in [5.74, 6) is -0.332. The molecule has 0 aliphatic carbocycles. The molecule has 1 aromatic heterocycles. The first-order chi connectivity index (χ1) is 8.90. The van der Waals surface area contributed by atoms with Gasteiger partial charge in [-0.1, -0.05) is 13.8 Å². The molecule has 1 amide bonds. The topological polar surface area (TPSA) is 58.4 Å². The third-order valence-corrected chi connectivity index (χ3v) is 3.00. The number of amides is 1. The normalized spacial score (nSPS) is 16.3. The van der Waals surface area contributed by atoms with Crippen LogP contribution in [0.4, 0.5) is 8.78 Å². The highest BCUT2D eigenvalue weighted by Crippen LogP contribution is 2.26. The average molecular weight is 273 g/mol. The summed E-state index contributed by atoms with van der Waals surface area (Å²) in [6.45, 7) is 4.51. The molecule has 0 bridgehead atoms. The number of alkyl halides is 2. The highest BCUT2D eigenvalue weighted by atomic mass is 19.3. The summed E-state index contributed by atoms with van der Waals surface area (Å²) in [7, 11) is 0. The van der Waals surface area contributed by atoms with Crippen LogP contribution in [-0.2, 0) is 6.54 Å². The van der Waals surface area contributed by atoms with Crippen LogP contribution in [0.3, 0.4) is 0 Å². The van der Waals surface area contributed by atoms with E-state index in [4.69, 9.17) is 5.11 Å². The van der Waals surface area contributed by atoms with E-state index >= 15 is 0 Å². The third kappa shape index (κ3) is 2.75. The lowest BCUT2D eigenvalue weighted by Crippen LogP contribution is -2.53. The van der Waals surface area contributed by atoms with E-state index in [0.717, 1.165) is 0 Å². The molecule has 1 fully saturated rings. The Hall–Kier alpha value is -1.50. The number of β-amino-alcohol motifs (C(OH)–C–C–N with tert-alkyl or cyclic N) is 1. The fourth-order valence-corrected chi connectivity index (χ4v) is 2.07. The van der Waals surface area contributed by atoms with Gasteiger partial charge < -0.3 is 10.0 Å². The van der Waals surface area contributed by atoms with Gasteiger partial charge in [0.25, 0.3) is 12.3 Å². The van der Waals surface area contributed by atoms with Crippen molar-refractivity contribution >= 4 is 5.91 Å². The monoisotopic (exact) mass is 273 g/mol. The van der Waals surface area contributed by atoms with E-state index in [1.165, 1.54) is 15.8 Å². The van der Waals surface area contributed by atoms with Gasteiger partial charge in [0, 0.05) is 19.6 Å². The number of likely N-dealkylation sites (tertiary alicyclic amines) is 1. The lowest BCUT2D eigenvalue weighted by molar-refractivity contribution is 0.00543. The Kier molecular flexibility index (Phi) is 3.84. The Morgan fingerprint density at radius 3 is 2.63 bits per heavy atom. The van der Waals surface area contributed by atoms with Crippen LogP contribution in [0.15, 0.2) is 6.20 Å². The number of aliphatic hydroxyl groups is 1. The van der Waals surface area contributed by atoms with Crippen molar-refractivity contribution in [2.75, 3.05) is 13.1 Å². The van der Waals surface area contributed by atoms with Gasteiger partial charge >= 0.3 is 0 Å². The zero-order chi connectivity index (χ0) is 14.2. The Labute approximate surface area is 109 Å². The standard InChI is InChI=1S/C12H17F2N3O2/c1-7(2)4-17-10(11(13)14)9(3-15-17)12(19)16-5-8(18)6-16/h3,7-8,11,18H,4-6H2,1-2H3. The molecule has 1 aromatic rings. The van der Waals surface area contributed by atoms with E-state index in [9.17, 15) is 13.6 Å². The molecule has 1 aliphatic rings. The Bertz CT molecular complexity index is 468. The summed E-state index contributed by atoms with van der Waals surface area (Å²) in [4.78, 5) is 13.4. The fourth-order valence-electron chi connectivity index (χ4n) is 2.07. The number of rotatable bonds is 4. The number of halogens is 2. The number of hydrogen-bond donors (Lipinski definition) is 1. The molecule has 2 heterocycles. The largest absolute Gasteiger partial charge is 0.389 e. The summed E-state index contributed by atoms with van der Waals surface area (Å²) in [5, 5.41) is 13.0. The Morgan fingerprint density at radius 1 is 1.53 bits per heavy atom. The first-order valence-electron chi connectivity index (χ1n) is 6.21. The van der Waals surface area contributed by atoms with Gasteiger partial charge in [0.2, 0.25) is 0 Å². The minimum atomic E-state index is -2.74. The van der Waals surface area contributed by atoms with Crippen molar-refractivity contribution in [3.8, 4) is 0 Å². The predicted molar refractivity (Wildman–Crippen MR) is 63.9 cm³/mol. The third-order valence-electron chi connectivity index (χ3n) is 3.00. The number of carbonyl (C=O) groups excluding carboxylic acids is 1. The highest BCUT2D eigenvalue weighted by molar-refractivity contribution is 5.95. The molecule has 1 saturated heterocycles. The molecule has 0 atom stereocenters. The molecule has 106 valence electrons. The molecule has 7 heteroatoms. The molecule has 1 N–H and O–H groups in total. The van der Waals surface area contributed by atoms with E-state index < -0.39 is 18.4 Å². The Balaban J connectivity index is 2.25. The van der Waals surface area contributed by atoms with Crippen LogP contribution in [0, 0.1) is 5.92 Å². The van der Waals surface area contributed by atoms with Gasteiger partial charge in [0.15, 0.2) is 0 Å². The summed E-state index contributed by atoms with van der Waals surface area (Å²) < 4.78 is 27.4. The molecule has 2 rings (SSSR count). The van der Waals surface area contributed by atoms with Crippen molar-refractivity contribution < 1.29 is 18.7 Å². The molecule has 0 radical (unpaired) electrons. The quantitative estimate of drug-likeness (QED) is 0.899. The van der Waals surface area contributed by atoms with E-state index in [-0.39, 0.29) is 30.3 Å². The molecule has 0 saturated carbocycles. The van der Waals surface area contributed by atoms with Gasteiger partial charge in [0.05, 0.1) is 17.9 Å². The van der Waals surface area contributed by atoms with Crippen LogP contribution >= 0.6 is 0 Å². The number of carbonyl (C=O) groups is 1. The minimum absolute atomic E-state index is 0.0671. The van der Waals surface area contributed by atoms with Gasteiger partial charge in [-0.05, 0) is 5.92 Å². The van der Waals surface area contributed by atoms with Gasteiger partial charge in [-0.15, -0.1) is 0 Å². The number of aromatic nitrogens is 2. The fraction of sp³-hybridized carbons (Fsp3) is 0.667. The molecule has 5 nitrogen and oxygen atoms in total. The van der Waals surface area contributed by atoms with Crippen molar-refractivity contribution in [1.82, 2.24) is 14.7 Å². The predicted octanol–water partition coefficient (Wildman–Crippen LogP) is 1.29. The van der Waals surface area contributed by atoms with Crippen molar-refractivity contribution in [2.24, 2.45) is 5.92 Å². The summed E-state index contributed by atoms with van der Waals surface area (Å²) >= 11 is 0. The van der Waals surface area contributed by atoms with Crippen molar-refractivity contribution in [3.63, 3.8) is 0 Å². The second-order valence-electron chi connectivity index (χ2n) is 5.18. The maximum atomic E-state index is 13.1. The second kappa shape index (κ2) is 5.24. The average Bonchev–Trinajstić information content (AvgIpc) is 2.66. The first-order valence-corrected chi connectivity index (χ1v) is 6.21. The van der Waals surface area contributed by atoms with Gasteiger partial charge in [-0.2, -0.15) is 5.10 Å². The summed E-state index contributed by atoms with van der Waals surface area (Å²) in [6, 6.07) is 0. The highest BCUT2D eigenvalue weighted by Gasteiger charge is 2.33. The van der Waals surface area contributed by atoms with E-state index in [1.807, 2.05) is 13.8 Å². The summed E-state index contributed by atoms with van der Waals surface area (Å²) in [6.07, 6.45) is -2.10. The lowest BCUT2D eigenvalue weighted by atomic mass is 10.1. The molecule has 19 heavy (non-hydrogen) atoms. The second-order valence-corrected chi connectivity index (χ2v) is 5.18. The smallest absolute Gasteiger partial charge is 0.280 e. The van der Waals surface area contributed by atoms with E-state index in [2.05, 4.69) is 5.10 Å². The lowest BCUT2D eigenvalue weighted by Gasteiger charge is -2.35. The number of aliphatic hydroxyl groups excluding tert-OH is 1. The number of nitrogens with zero attached hydrogens (tertiary/aromatic N) is 3. The van der Waals surface area contributed by atoms with Crippen LogP contribution < -0.4 is 0 Å². The summed E-state index contributed by atoms with van der Waals surface area (Å²) in [5.41, 5.74) is -0.400. The van der Waals surface area contributed by atoms with Gasteiger partial charge in [0.1, 0.15) is 5.69 Å². The van der Waals surface area contributed by atoms with E-state index in [0.29, 0.717) is 6.54 Å². The van der Waals surface area contributed by atoms with Crippen LogP contribution in [0.5, 0.6) is 0 Å². The first kappa shape index (κ1) is 13.9. The van der Waals surface area contributed by atoms with Crippen molar-refractivity contribution in [3.05, 3.63) is 17.5 Å². The van der Waals surface area contributed by atoms with Gasteiger partial charge in [-0.3, -0.25) is 9.48 Å². The van der Waals surface area contributed by atoms with Crippen molar-refractivity contribution in [2.45, 2.75) is 32.9 Å². The molecular formula is C12H17F2N3O2. The van der Waals surface area contributed by atoms with Crippen LogP contribution in [0.1, 0.15) is 36.3 Å². The van der Waals surface area contributed by atoms with E-state index in [1.54, 1.807) is 0 Å². The van der Waals surface area contributed by atoms with Crippen LogP contribution in [0.2, 0.25) is 0 Å². The Morgan fingerprint density at radius 2 is 2.16 bits per heavy atom. The molecule has 1 aliphatic heterocycles.